The van der Waals surface area contributed by atoms with Crippen molar-refractivity contribution in [2.75, 3.05) is 0 Å². The first kappa shape index (κ1) is 16.6. The number of amides is 1. The molecule has 0 aromatic carbocycles. The van der Waals surface area contributed by atoms with Crippen molar-refractivity contribution in [3.8, 4) is 0 Å². The fourth-order valence-corrected chi connectivity index (χ4v) is 2.95. The molecule has 1 saturated carbocycles. The molecule has 128 valence electrons. The van der Waals surface area contributed by atoms with Crippen LogP contribution in [0.1, 0.15) is 54.5 Å². The second-order valence-electron chi connectivity index (χ2n) is 6.76. The van der Waals surface area contributed by atoms with Gasteiger partial charge in [0.05, 0.1) is 6.10 Å². The van der Waals surface area contributed by atoms with Crippen molar-refractivity contribution in [3.63, 3.8) is 0 Å². The molecule has 2 heterocycles. The van der Waals surface area contributed by atoms with E-state index in [1.165, 1.54) is 0 Å². The lowest BCUT2D eigenvalue weighted by Crippen LogP contribution is -2.48. The summed E-state index contributed by atoms with van der Waals surface area (Å²) in [6.45, 7) is 3.98. The Hall–Kier alpha value is -2.21. The molecule has 1 fully saturated rings. The summed E-state index contributed by atoms with van der Waals surface area (Å²) in [5.41, 5.74) is 1.22. The number of carbonyl (C=O) groups is 1. The van der Waals surface area contributed by atoms with Gasteiger partial charge in [-0.05, 0) is 30.9 Å². The second-order valence-corrected chi connectivity index (χ2v) is 6.76. The maximum absolute atomic E-state index is 12.5. The van der Waals surface area contributed by atoms with E-state index >= 15 is 0 Å². The molecule has 0 saturated heterocycles. The normalized spacial score (nSPS) is 21.3. The third-order valence-electron chi connectivity index (χ3n) is 4.52. The Labute approximate surface area is 141 Å². The summed E-state index contributed by atoms with van der Waals surface area (Å²) in [6, 6.07) is 7.36. The first-order valence-electron chi connectivity index (χ1n) is 8.38. The summed E-state index contributed by atoms with van der Waals surface area (Å²) in [4.78, 5) is 16.8. The molecule has 2 aromatic rings. The van der Waals surface area contributed by atoms with Crippen LogP contribution < -0.4 is 5.32 Å². The average molecular weight is 329 g/mol. The summed E-state index contributed by atoms with van der Waals surface area (Å²) in [5.74, 6) is 0.890. The van der Waals surface area contributed by atoms with E-state index in [2.05, 4.69) is 15.5 Å². The molecule has 0 bridgehead atoms. The molecule has 2 N–H and O–H groups in total. The lowest BCUT2D eigenvalue weighted by Gasteiger charge is -2.37. The van der Waals surface area contributed by atoms with Gasteiger partial charge in [-0.25, -0.2) is 0 Å². The van der Waals surface area contributed by atoms with Gasteiger partial charge >= 0.3 is 0 Å². The van der Waals surface area contributed by atoms with Gasteiger partial charge in [0.2, 0.25) is 0 Å². The second kappa shape index (κ2) is 7.13. The minimum atomic E-state index is -0.266. The van der Waals surface area contributed by atoms with Crippen molar-refractivity contribution in [2.24, 2.45) is 5.92 Å². The number of rotatable bonds is 6. The van der Waals surface area contributed by atoms with Gasteiger partial charge in [-0.3, -0.25) is 9.78 Å². The predicted octanol–water partition coefficient (Wildman–Crippen LogP) is 2.31. The molecule has 1 aliphatic rings. The number of carbonyl (C=O) groups excluding carboxylic acids is 1. The highest BCUT2D eigenvalue weighted by Crippen LogP contribution is 2.31. The molecule has 0 radical (unpaired) electrons. The van der Waals surface area contributed by atoms with Gasteiger partial charge in [-0.1, -0.05) is 25.1 Å². The molecule has 3 rings (SSSR count). The zero-order valence-corrected chi connectivity index (χ0v) is 14.0. The smallest absolute Gasteiger partial charge is 0.273 e. The van der Waals surface area contributed by atoms with E-state index in [4.69, 9.17) is 4.52 Å². The Balaban J connectivity index is 1.69. The molecule has 1 atom stereocenters. The fraction of sp³-hybridized carbons (Fsp3) is 0.500. The molecule has 1 amide bonds. The molecular formula is C18H23N3O3. The third kappa shape index (κ3) is 3.82. The minimum absolute atomic E-state index is 0.0741. The highest BCUT2D eigenvalue weighted by atomic mass is 16.5. The standard InChI is InChI=1S/C18H23N3O3/c1-11(2)17-10-16(21-24-17)18(23)20-15(12-7-14(22)8-12)9-13-5-3-4-6-19-13/h3-6,10-12,14-15,22H,7-9H2,1-2H3,(H,20,23)/t12?,14?,15-/m0/s1. The number of aliphatic hydroxyl groups is 1. The maximum atomic E-state index is 12.5. The summed E-state index contributed by atoms with van der Waals surface area (Å²) in [5, 5.41) is 16.5. The van der Waals surface area contributed by atoms with Gasteiger partial charge in [-0.2, -0.15) is 0 Å². The van der Waals surface area contributed by atoms with Crippen LogP contribution in [0.5, 0.6) is 0 Å². The van der Waals surface area contributed by atoms with Crippen molar-refractivity contribution in [2.45, 2.75) is 51.2 Å². The number of aromatic nitrogens is 2. The highest BCUT2D eigenvalue weighted by molar-refractivity contribution is 5.92. The van der Waals surface area contributed by atoms with E-state index in [0.717, 1.165) is 5.69 Å². The average Bonchev–Trinajstić information content (AvgIpc) is 3.02. The van der Waals surface area contributed by atoms with Gasteiger partial charge in [0.1, 0.15) is 5.76 Å². The van der Waals surface area contributed by atoms with E-state index in [1.807, 2.05) is 32.0 Å². The van der Waals surface area contributed by atoms with Crippen molar-refractivity contribution in [3.05, 3.63) is 47.6 Å². The van der Waals surface area contributed by atoms with Crippen LogP contribution >= 0.6 is 0 Å². The van der Waals surface area contributed by atoms with Crippen LogP contribution in [0.25, 0.3) is 0 Å². The topological polar surface area (TPSA) is 88.2 Å². The fourth-order valence-electron chi connectivity index (χ4n) is 2.95. The van der Waals surface area contributed by atoms with Crippen LogP contribution in [0.15, 0.2) is 35.0 Å². The van der Waals surface area contributed by atoms with Gasteiger partial charge in [0.15, 0.2) is 5.69 Å². The lowest BCUT2D eigenvalue weighted by atomic mass is 9.76. The Morgan fingerprint density at radius 1 is 1.42 bits per heavy atom. The zero-order chi connectivity index (χ0) is 17.1. The summed E-state index contributed by atoms with van der Waals surface area (Å²) in [7, 11) is 0. The third-order valence-corrected chi connectivity index (χ3v) is 4.52. The van der Waals surface area contributed by atoms with Crippen molar-refractivity contribution in [1.29, 1.82) is 0 Å². The Morgan fingerprint density at radius 3 is 2.79 bits per heavy atom. The largest absolute Gasteiger partial charge is 0.393 e. The van der Waals surface area contributed by atoms with Crippen molar-refractivity contribution < 1.29 is 14.4 Å². The van der Waals surface area contributed by atoms with Gasteiger partial charge < -0.3 is 14.9 Å². The molecule has 24 heavy (non-hydrogen) atoms. The van der Waals surface area contributed by atoms with E-state index in [9.17, 15) is 9.90 Å². The van der Waals surface area contributed by atoms with E-state index in [1.54, 1.807) is 12.3 Å². The predicted molar refractivity (Wildman–Crippen MR) is 88.5 cm³/mol. The van der Waals surface area contributed by atoms with Crippen molar-refractivity contribution in [1.82, 2.24) is 15.5 Å². The molecule has 0 unspecified atom stereocenters. The molecule has 2 aromatic heterocycles. The van der Waals surface area contributed by atoms with Crippen LogP contribution in [-0.2, 0) is 6.42 Å². The molecule has 1 aliphatic carbocycles. The SMILES string of the molecule is CC(C)c1cc(C(=O)N[C@@H](Cc2ccccn2)C2CC(O)C2)no1. The number of hydrogen-bond acceptors (Lipinski definition) is 5. The zero-order valence-electron chi connectivity index (χ0n) is 14.0. The maximum Gasteiger partial charge on any atom is 0.273 e. The summed E-state index contributed by atoms with van der Waals surface area (Å²) in [6.07, 6.45) is 3.52. The Kier molecular flexibility index (Phi) is 4.94. The van der Waals surface area contributed by atoms with E-state index < -0.39 is 0 Å². The monoisotopic (exact) mass is 329 g/mol. The van der Waals surface area contributed by atoms with Crippen LogP contribution in [0.2, 0.25) is 0 Å². The number of aliphatic hydroxyl groups excluding tert-OH is 1. The van der Waals surface area contributed by atoms with E-state index in [0.29, 0.717) is 30.7 Å². The minimum Gasteiger partial charge on any atom is -0.393 e. The first-order chi connectivity index (χ1) is 11.5. The van der Waals surface area contributed by atoms with Gasteiger partial charge in [0.25, 0.3) is 5.91 Å². The molecule has 0 aliphatic heterocycles. The van der Waals surface area contributed by atoms with Gasteiger partial charge in [0, 0.05) is 36.3 Å². The number of pyridine rings is 1. The number of nitrogens with one attached hydrogen (secondary N) is 1. The molecule has 6 heteroatoms. The van der Waals surface area contributed by atoms with Crippen LogP contribution in [0.4, 0.5) is 0 Å². The lowest BCUT2D eigenvalue weighted by molar-refractivity contribution is 0.0237. The van der Waals surface area contributed by atoms with Crippen LogP contribution in [0.3, 0.4) is 0 Å². The van der Waals surface area contributed by atoms with Gasteiger partial charge in [-0.15, -0.1) is 0 Å². The van der Waals surface area contributed by atoms with E-state index in [-0.39, 0.29) is 29.9 Å². The Morgan fingerprint density at radius 2 is 2.21 bits per heavy atom. The molecular weight excluding hydrogens is 306 g/mol. The number of hydrogen-bond donors (Lipinski definition) is 2. The van der Waals surface area contributed by atoms with Crippen LogP contribution in [0, 0.1) is 5.92 Å². The quantitative estimate of drug-likeness (QED) is 0.849. The Bertz CT molecular complexity index is 678. The van der Waals surface area contributed by atoms with Crippen molar-refractivity contribution >= 4 is 5.91 Å². The summed E-state index contributed by atoms with van der Waals surface area (Å²) < 4.78 is 5.20. The molecule has 6 nitrogen and oxygen atoms in total. The van der Waals surface area contributed by atoms with Crippen LogP contribution in [-0.4, -0.2) is 33.3 Å². The summed E-state index contributed by atoms with van der Waals surface area (Å²) >= 11 is 0. The first-order valence-corrected chi connectivity index (χ1v) is 8.38. The highest BCUT2D eigenvalue weighted by Gasteiger charge is 2.35. The number of nitrogens with zero attached hydrogens (tertiary/aromatic N) is 2. The molecule has 0 spiro atoms.